The number of urea groups is 1. The molecule has 2 aliphatic rings. The third-order valence-electron chi connectivity index (χ3n) is 6.18. The van der Waals surface area contributed by atoms with Gasteiger partial charge >= 0.3 is 12.0 Å². The molecule has 0 saturated carbocycles. The molecule has 4 rings (SSSR count). The Labute approximate surface area is 217 Å². The maximum Gasteiger partial charge on any atom is 0.334 e. The number of amides is 4. The molecule has 2 aromatic carbocycles. The standard InChI is InChI=1S/C24H25Cl2N5O5/c1-28-14-21(32)30-19(10-22(33)34)23(35)29(12-16-7-8-17(25)9-18(16)26)13-20(30)31(28)24(36)27-11-15-5-3-2-4-6-15/h2-9,19-20H,10-14H2,1H3,(H,27,36)(H,33,34)/t19-,20-/m0/s1. The zero-order valence-electron chi connectivity index (χ0n) is 19.4. The molecule has 2 aromatic rings. The van der Waals surface area contributed by atoms with Gasteiger partial charge in [-0.05, 0) is 23.3 Å². The molecular formula is C24H25Cl2N5O5. The lowest BCUT2D eigenvalue weighted by molar-refractivity contribution is -0.189. The van der Waals surface area contributed by atoms with Gasteiger partial charge in [0.05, 0.1) is 19.5 Å². The zero-order chi connectivity index (χ0) is 26.0. The second kappa shape index (κ2) is 10.7. The molecule has 10 nitrogen and oxygen atoms in total. The molecule has 2 atom stereocenters. The van der Waals surface area contributed by atoms with E-state index in [1.807, 2.05) is 30.3 Å². The van der Waals surface area contributed by atoms with E-state index >= 15 is 0 Å². The summed E-state index contributed by atoms with van der Waals surface area (Å²) in [6.07, 6.45) is -1.49. The molecule has 12 heteroatoms. The number of carbonyl (C=O) groups is 4. The van der Waals surface area contributed by atoms with Crippen molar-refractivity contribution in [1.29, 1.82) is 0 Å². The number of nitrogens with zero attached hydrogens (tertiary/aromatic N) is 4. The molecular weight excluding hydrogens is 509 g/mol. The third kappa shape index (κ3) is 5.40. The highest BCUT2D eigenvalue weighted by Gasteiger charge is 2.51. The number of aliphatic carboxylic acids is 1. The number of halogens is 2. The molecule has 2 fully saturated rings. The van der Waals surface area contributed by atoms with Crippen LogP contribution in [0.15, 0.2) is 48.5 Å². The molecule has 2 N–H and O–H groups in total. The second-order valence-corrected chi connectivity index (χ2v) is 9.50. The van der Waals surface area contributed by atoms with Crippen LogP contribution < -0.4 is 5.32 Å². The highest BCUT2D eigenvalue weighted by atomic mass is 35.5. The molecule has 0 radical (unpaired) electrons. The van der Waals surface area contributed by atoms with Gasteiger partial charge in [-0.25, -0.2) is 14.8 Å². The maximum absolute atomic E-state index is 13.4. The number of benzene rings is 2. The predicted octanol–water partition coefficient (Wildman–Crippen LogP) is 2.41. The van der Waals surface area contributed by atoms with Crippen LogP contribution in [0.4, 0.5) is 4.79 Å². The fourth-order valence-electron chi connectivity index (χ4n) is 4.52. The summed E-state index contributed by atoms with van der Waals surface area (Å²) >= 11 is 12.3. The summed E-state index contributed by atoms with van der Waals surface area (Å²) in [6.45, 7) is 0.114. The molecule has 0 bridgehead atoms. The Morgan fingerprint density at radius 1 is 1.11 bits per heavy atom. The number of fused-ring (bicyclic) bond motifs is 1. The largest absolute Gasteiger partial charge is 0.481 e. The van der Waals surface area contributed by atoms with E-state index in [9.17, 15) is 24.3 Å². The first-order valence-electron chi connectivity index (χ1n) is 11.2. The zero-order valence-corrected chi connectivity index (χ0v) is 20.9. The number of nitrogens with one attached hydrogen (secondary N) is 1. The van der Waals surface area contributed by atoms with Crippen LogP contribution in [0.5, 0.6) is 0 Å². The van der Waals surface area contributed by atoms with Crippen LogP contribution in [0.2, 0.25) is 10.0 Å². The summed E-state index contributed by atoms with van der Waals surface area (Å²) in [5, 5.41) is 16.0. The summed E-state index contributed by atoms with van der Waals surface area (Å²) < 4.78 is 0. The lowest BCUT2D eigenvalue weighted by Crippen LogP contribution is -2.76. The van der Waals surface area contributed by atoms with Gasteiger partial charge in [0.15, 0.2) is 0 Å². The second-order valence-electron chi connectivity index (χ2n) is 8.65. The lowest BCUT2D eigenvalue weighted by Gasteiger charge is -2.54. The van der Waals surface area contributed by atoms with Crippen LogP contribution in [-0.4, -0.2) is 81.1 Å². The average molecular weight is 534 g/mol. The Bertz CT molecular complexity index is 1180. The van der Waals surface area contributed by atoms with Crippen molar-refractivity contribution in [3.8, 4) is 0 Å². The van der Waals surface area contributed by atoms with Crippen molar-refractivity contribution >= 4 is 47.0 Å². The molecule has 0 aromatic heterocycles. The quantitative estimate of drug-likeness (QED) is 0.589. The number of carbonyl (C=O) groups excluding carboxylic acids is 3. The minimum Gasteiger partial charge on any atom is -0.481 e. The van der Waals surface area contributed by atoms with Crippen LogP contribution in [0, 0.1) is 0 Å². The van der Waals surface area contributed by atoms with Crippen molar-refractivity contribution in [3.05, 3.63) is 69.7 Å². The molecule has 2 heterocycles. The SMILES string of the molecule is CN1CC(=O)N2[C@@H](CC(=O)O)C(=O)N(Cc3ccc(Cl)cc3Cl)C[C@@H]2N1C(=O)NCc1ccccc1. The van der Waals surface area contributed by atoms with Crippen molar-refractivity contribution in [1.82, 2.24) is 25.1 Å². The van der Waals surface area contributed by atoms with Gasteiger partial charge in [0.1, 0.15) is 12.2 Å². The number of hydrazine groups is 1. The fourth-order valence-corrected chi connectivity index (χ4v) is 4.99. The molecule has 2 aliphatic heterocycles. The van der Waals surface area contributed by atoms with Crippen LogP contribution in [0.3, 0.4) is 0 Å². The number of hydrogen-bond acceptors (Lipinski definition) is 5. The van der Waals surface area contributed by atoms with E-state index in [4.69, 9.17) is 23.2 Å². The van der Waals surface area contributed by atoms with Crippen LogP contribution in [-0.2, 0) is 27.5 Å². The Morgan fingerprint density at radius 2 is 1.83 bits per heavy atom. The van der Waals surface area contributed by atoms with Crippen molar-refractivity contribution in [2.45, 2.75) is 31.7 Å². The van der Waals surface area contributed by atoms with Gasteiger partial charge in [-0.2, -0.15) is 0 Å². The van der Waals surface area contributed by atoms with Gasteiger partial charge in [-0.15, -0.1) is 0 Å². The van der Waals surface area contributed by atoms with Crippen molar-refractivity contribution < 1.29 is 24.3 Å². The monoisotopic (exact) mass is 533 g/mol. The van der Waals surface area contributed by atoms with E-state index in [2.05, 4.69) is 5.32 Å². The van der Waals surface area contributed by atoms with Gasteiger partial charge in [0.25, 0.3) is 0 Å². The molecule has 0 aliphatic carbocycles. The van der Waals surface area contributed by atoms with Gasteiger partial charge in [0.2, 0.25) is 11.8 Å². The highest BCUT2D eigenvalue weighted by Crippen LogP contribution is 2.30. The normalized spacial score (nSPS) is 20.4. The molecule has 0 spiro atoms. The molecule has 0 unspecified atom stereocenters. The third-order valence-corrected chi connectivity index (χ3v) is 6.77. The Balaban J connectivity index is 1.63. The van der Waals surface area contributed by atoms with Crippen LogP contribution >= 0.6 is 23.2 Å². The Kier molecular flexibility index (Phi) is 7.67. The number of carboxylic acid groups (broad SMARTS) is 1. The van der Waals surface area contributed by atoms with E-state index in [1.165, 1.54) is 19.8 Å². The average Bonchev–Trinajstić information content (AvgIpc) is 2.82. The summed E-state index contributed by atoms with van der Waals surface area (Å²) in [5.74, 6) is -2.19. The van der Waals surface area contributed by atoms with Gasteiger partial charge in [-0.3, -0.25) is 14.4 Å². The molecule has 4 amide bonds. The predicted molar refractivity (Wildman–Crippen MR) is 132 cm³/mol. The number of carboxylic acids is 1. The number of rotatable bonds is 6. The highest BCUT2D eigenvalue weighted by molar-refractivity contribution is 6.35. The van der Waals surface area contributed by atoms with Gasteiger partial charge in [-0.1, -0.05) is 59.6 Å². The fraction of sp³-hybridized carbons (Fsp3) is 0.333. The molecule has 190 valence electrons. The van der Waals surface area contributed by atoms with Gasteiger partial charge in [0, 0.05) is 30.2 Å². The first-order chi connectivity index (χ1) is 17.2. The minimum absolute atomic E-state index is 0.0251. The van der Waals surface area contributed by atoms with E-state index in [0.717, 1.165) is 5.56 Å². The number of likely N-dealkylation sites (N-methyl/N-ethyl adjacent to an activating group) is 1. The van der Waals surface area contributed by atoms with E-state index in [0.29, 0.717) is 15.6 Å². The van der Waals surface area contributed by atoms with E-state index in [1.54, 1.807) is 25.2 Å². The van der Waals surface area contributed by atoms with Crippen molar-refractivity contribution in [3.63, 3.8) is 0 Å². The topological polar surface area (TPSA) is 114 Å². The summed E-state index contributed by atoms with van der Waals surface area (Å²) in [6, 6.07) is 12.5. The van der Waals surface area contributed by atoms with Crippen molar-refractivity contribution in [2.24, 2.45) is 0 Å². The summed E-state index contributed by atoms with van der Waals surface area (Å²) in [4.78, 5) is 54.0. The lowest BCUT2D eigenvalue weighted by atomic mass is 10.0. The first kappa shape index (κ1) is 25.7. The molecule has 2 saturated heterocycles. The first-order valence-corrected chi connectivity index (χ1v) is 12.0. The number of hydrogen-bond donors (Lipinski definition) is 2. The Morgan fingerprint density at radius 3 is 2.50 bits per heavy atom. The number of piperazine rings is 1. The van der Waals surface area contributed by atoms with Crippen LogP contribution in [0.25, 0.3) is 0 Å². The summed E-state index contributed by atoms with van der Waals surface area (Å²) in [5.41, 5.74) is 1.49. The van der Waals surface area contributed by atoms with E-state index < -0.39 is 42.4 Å². The molecule has 36 heavy (non-hydrogen) atoms. The maximum atomic E-state index is 13.4. The van der Waals surface area contributed by atoms with Crippen LogP contribution in [0.1, 0.15) is 17.5 Å². The van der Waals surface area contributed by atoms with E-state index in [-0.39, 0.29) is 26.2 Å². The summed E-state index contributed by atoms with van der Waals surface area (Å²) in [7, 11) is 1.60. The Hall–Kier alpha value is -3.34. The van der Waals surface area contributed by atoms with Gasteiger partial charge < -0.3 is 20.2 Å². The smallest absolute Gasteiger partial charge is 0.334 e. The van der Waals surface area contributed by atoms with Crippen molar-refractivity contribution in [2.75, 3.05) is 20.1 Å². The minimum atomic E-state index is -1.27.